The van der Waals surface area contributed by atoms with Gasteiger partial charge in [0.1, 0.15) is 11.5 Å². The Hall–Kier alpha value is -2.41. The van der Waals surface area contributed by atoms with Crippen molar-refractivity contribution in [2.75, 3.05) is 30.0 Å². The molecule has 0 bridgehead atoms. The molecule has 23 heavy (non-hydrogen) atoms. The molecule has 0 atom stereocenters. The lowest BCUT2D eigenvalue weighted by Crippen LogP contribution is -2.14. The number of hydrogen-bond acceptors (Lipinski definition) is 5. The Morgan fingerprint density at radius 2 is 1.61 bits per heavy atom. The molecule has 0 aliphatic rings. The number of rotatable bonds is 7. The van der Waals surface area contributed by atoms with Crippen molar-refractivity contribution < 1.29 is 17.9 Å². The molecule has 2 N–H and O–H groups in total. The maximum absolute atomic E-state index is 11.5. The van der Waals surface area contributed by atoms with Crippen molar-refractivity contribution in [2.45, 2.75) is 6.92 Å². The van der Waals surface area contributed by atoms with E-state index in [1.807, 2.05) is 12.1 Å². The quantitative estimate of drug-likeness (QED) is 0.812. The predicted molar refractivity (Wildman–Crippen MR) is 92.4 cm³/mol. The van der Waals surface area contributed by atoms with Gasteiger partial charge in [-0.25, -0.2) is 8.42 Å². The molecule has 0 amide bonds. The Kier molecular flexibility index (Phi) is 5.33. The summed E-state index contributed by atoms with van der Waals surface area (Å²) < 4.78 is 36.1. The van der Waals surface area contributed by atoms with Gasteiger partial charge in [0.2, 0.25) is 10.0 Å². The highest BCUT2D eigenvalue weighted by molar-refractivity contribution is 7.92. The van der Waals surface area contributed by atoms with E-state index in [1.54, 1.807) is 51.5 Å². The Morgan fingerprint density at radius 1 is 0.957 bits per heavy atom. The lowest BCUT2D eigenvalue weighted by Gasteiger charge is -2.13. The van der Waals surface area contributed by atoms with Gasteiger partial charge in [0.05, 0.1) is 25.7 Å². The summed E-state index contributed by atoms with van der Waals surface area (Å²) >= 11 is 0. The summed E-state index contributed by atoms with van der Waals surface area (Å²) in [7, 11) is -0.0859. The molecule has 2 aromatic rings. The molecule has 0 saturated heterocycles. The first-order chi connectivity index (χ1) is 11.0. The van der Waals surface area contributed by atoms with E-state index in [0.29, 0.717) is 17.2 Å². The zero-order valence-corrected chi connectivity index (χ0v) is 14.1. The SMILES string of the molecule is CCS(=O)(=O)Nc1ccc(Nc2ccc(OC)cc2OC)cc1. The average molecular weight is 336 g/mol. The molecule has 0 radical (unpaired) electrons. The van der Waals surface area contributed by atoms with Crippen molar-refractivity contribution in [3.8, 4) is 11.5 Å². The van der Waals surface area contributed by atoms with Crippen LogP contribution in [0.2, 0.25) is 0 Å². The highest BCUT2D eigenvalue weighted by atomic mass is 32.2. The van der Waals surface area contributed by atoms with Crippen LogP contribution < -0.4 is 19.5 Å². The average Bonchev–Trinajstić information content (AvgIpc) is 2.56. The fourth-order valence-corrected chi connectivity index (χ4v) is 2.57. The van der Waals surface area contributed by atoms with Gasteiger partial charge in [-0.2, -0.15) is 0 Å². The second-order valence-electron chi connectivity index (χ2n) is 4.77. The van der Waals surface area contributed by atoms with E-state index in [-0.39, 0.29) is 5.75 Å². The van der Waals surface area contributed by atoms with Gasteiger partial charge in [0.25, 0.3) is 0 Å². The number of hydrogen-bond donors (Lipinski definition) is 2. The topological polar surface area (TPSA) is 76.7 Å². The third kappa shape index (κ3) is 4.53. The minimum absolute atomic E-state index is 0.0377. The normalized spacial score (nSPS) is 10.9. The van der Waals surface area contributed by atoms with Crippen LogP contribution in [-0.4, -0.2) is 28.4 Å². The van der Waals surface area contributed by atoms with Crippen molar-refractivity contribution in [1.82, 2.24) is 0 Å². The fourth-order valence-electron chi connectivity index (χ4n) is 1.93. The second-order valence-corrected chi connectivity index (χ2v) is 6.79. The Bertz CT molecular complexity index is 758. The molecule has 0 aromatic heterocycles. The van der Waals surface area contributed by atoms with Crippen LogP contribution in [0.15, 0.2) is 42.5 Å². The van der Waals surface area contributed by atoms with Crippen LogP contribution in [0, 0.1) is 0 Å². The van der Waals surface area contributed by atoms with Crippen molar-refractivity contribution in [3.05, 3.63) is 42.5 Å². The largest absolute Gasteiger partial charge is 0.497 e. The Labute approximate surface area is 136 Å². The van der Waals surface area contributed by atoms with E-state index in [9.17, 15) is 8.42 Å². The summed E-state index contributed by atoms with van der Waals surface area (Å²) in [5.41, 5.74) is 2.13. The number of sulfonamides is 1. The number of benzene rings is 2. The summed E-state index contributed by atoms with van der Waals surface area (Å²) in [6, 6.07) is 12.4. The molecule has 2 rings (SSSR count). The van der Waals surface area contributed by atoms with E-state index in [0.717, 1.165) is 11.4 Å². The fraction of sp³-hybridized carbons (Fsp3) is 0.250. The van der Waals surface area contributed by atoms with Crippen LogP contribution in [0.3, 0.4) is 0 Å². The van der Waals surface area contributed by atoms with Gasteiger partial charge < -0.3 is 14.8 Å². The van der Waals surface area contributed by atoms with Crippen LogP contribution in [0.25, 0.3) is 0 Å². The van der Waals surface area contributed by atoms with Gasteiger partial charge in [0, 0.05) is 17.4 Å². The minimum Gasteiger partial charge on any atom is -0.497 e. The summed E-state index contributed by atoms with van der Waals surface area (Å²) in [6.45, 7) is 1.59. The highest BCUT2D eigenvalue weighted by Crippen LogP contribution is 2.31. The molecule has 2 aromatic carbocycles. The molecule has 0 aliphatic heterocycles. The summed E-state index contributed by atoms with van der Waals surface area (Å²) in [5, 5.41) is 3.22. The van der Waals surface area contributed by atoms with Gasteiger partial charge in [-0.3, -0.25) is 4.72 Å². The molecular weight excluding hydrogens is 316 g/mol. The standard InChI is InChI=1S/C16H20N2O4S/c1-4-23(19,20)18-13-7-5-12(6-8-13)17-15-10-9-14(21-2)11-16(15)22-3/h5-11,17-18H,4H2,1-3H3. The lowest BCUT2D eigenvalue weighted by atomic mass is 10.2. The predicted octanol–water partition coefficient (Wildman–Crippen LogP) is 3.21. The van der Waals surface area contributed by atoms with Gasteiger partial charge in [0.15, 0.2) is 0 Å². The molecule has 0 fully saturated rings. The zero-order chi connectivity index (χ0) is 16.9. The first-order valence-corrected chi connectivity index (χ1v) is 8.72. The number of ether oxygens (including phenoxy) is 2. The number of methoxy groups -OCH3 is 2. The molecule has 0 spiro atoms. The Morgan fingerprint density at radius 3 is 2.17 bits per heavy atom. The highest BCUT2D eigenvalue weighted by Gasteiger charge is 2.08. The molecule has 0 unspecified atom stereocenters. The summed E-state index contributed by atoms with van der Waals surface area (Å²) in [5.74, 6) is 1.40. The molecule has 7 heteroatoms. The van der Waals surface area contributed by atoms with Crippen LogP contribution >= 0.6 is 0 Å². The maximum Gasteiger partial charge on any atom is 0.232 e. The molecule has 0 aliphatic carbocycles. The van der Waals surface area contributed by atoms with E-state index in [2.05, 4.69) is 10.0 Å². The van der Waals surface area contributed by atoms with Crippen LogP contribution in [0.1, 0.15) is 6.92 Å². The van der Waals surface area contributed by atoms with Crippen molar-refractivity contribution in [1.29, 1.82) is 0 Å². The number of nitrogens with one attached hydrogen (secondary N) is 2. The maximum atomic E-state index is 11.5. The smallest absolute Gasteiger partial charge is 0.232 e. The Balaban J connectivity index is 2.15. The van der Waals surface area contributed by atoms with Gasteiger partial charge in [-0.1, -0.05) is 0 Å². The van der Waals surface area contributed by atoms with Crippen molar-refractivity contribution in [2.24, 2.45) is 0 Å². The zero-order valence-electron chi connectivity index (χ0n) is 13.3. The molecule has 0 heterocycles. The number of anilines is 3. The van der Waals surface area contributed by atoms with E-state index in [1.165, 1.54) is 0 Å². The van der Waals surface area contributed by atoms with Crippen molar-refractivity contribution in [3.63, 3.8) is 0 Å². The minimum atomic E-state index is -3.27. The monoisotopic (exact) mass is 336 g/mol. The van der Waals surface area contributed by atoms with E-state index in [4.69, 9.17) is 9.47 Å². The van der Waals surface area contributed by atoms with Gasteiger partial charge in [-0.05, 0) is 43.3 Å². The van der Waals surface area contributed by atoms with Crippen LogP contribution in [0.4, 0.5) is 17.1 Å². The molecular formula is C16H20N2O4S. The van der Waals surface area contributed by atoms with E-state index >= 15 is 0 Å². The molecule has 0 saturated carbocycles. The third-order valence-electron chi connectivity index (χ3n) is 3.23. The summed E-state index contributed by atoms with van der Waals surface area (Å²) in [4.78, 5) is 0. The molecule has 6 nitrogen and oxygen atoms in total. The summed E-state index contributed by atoms with van der Waals surface area (Å²) in [6.07, 6.45) is 0. The molecule has 124 valence electrons. The first-order valence-electron chi connectivity index (χ1n) is 7.07. The van der Waals surface area contributed by atoms with Gasteiger partial charge in [-0.15, -0.1) is 0 Å². The van der Waals surface area contributed by atoms with Crippen molar-refractivity contribution >= 4 is 27.1 Å². The first kappa shape index (κ1) is 17.0. The van der Waals surface area contributed by atoms with E-state index < -0.39 is 10.0 Å². The van der Waals surface area contributed by atoms with Crippen LogP contribution in [0.5, 0.6) is 11.5 Å². The second kappa shape index (κ2) is 7.23. The van der Waals surface area contributed by atoms with Gasteiger partial charge >= 0.3 is 0 Å². The third-order valence-corrected chi connectivity index (χ3v) is 4.53. The van der Waals surface area contributed by atoms with Crippen LogP contribution in [-0.2, 0) is 10.0 Å². The lowest BCUT2D eigenvalue weighted by molar-refractivity contribution is 0.395.